The van der Waals surface area contributed by atoms with Crippen LogP contribution in [-0.4, -0.2) is 72.0 Å². The number of hydrogen-bond acceptors (Lipinski definition) is 7. The Kier molecular flexibility index (Phi) is 8.07. The Labute approximate surface area is 214 Å². The highest BCUT2D eigenvalue weighted by atomic mass is 16.5. The predicted octanol–water partition coefficient (Wildman–Crippen LogP) is 2.76. The van der Waals surface area contributed by atoms with Crippen molar-refractivity contribution in [3.05, 3.63) is 95.1 Å². The summed E-state index contributed by atoms with van der Waals surface area (Å²) in [5.41, 5.74) is 3.52. The normalized spacial score (nSPS) is 14.6. The molecule has 0 radical (unpaired) electrons. The molecule has 4 rings (SSSR count). The molecule has 0 spiro atoms. The molecule has 1 atom stereocenters. The number of nitrogens with zero attached hydrogens (tertiary/aromatic N) is 2. The van der Waals surface area contributed by atoms with Gasteiger partial charge in [-0.2, -0.15) is 0 Å². The van der Waals surface area contributed by atoms with Crippen LogP contribution >= 0.6 is 0 Å². The van der Waals surface area contributed by atoms with Gasteiger partial charge >= 0.3 is 5.97 Å². The van der Waals surface area contributed by atoms with Gasteiger partial charge in [0.2, 0.25) is 5.91 Å². The minimum absolute atomic E-state index is 0.0920. The van der Waals surface area contributed by atoms with Crippen molar-refractivity contribution in [2.24, 2.45) is 4.99 Å². The van der Waals surface area contributed by atoms with E-state index in [9.17, 15) is 24.6 Å². The van der Waals surface area contributed by atoms with E-state index in [4.69, 9.17) is 9.73 Å². The number of ether oxygens (including phenoxy) is 1. The van der Waals surface area contributed by atoms with Crippen LogP contribution in [0, 0.1) is 0 Å². The van der Waals surface area contributed by atoms with Gasteiger partial charge in [0.05, 0.1) is 37.3 Å². The van der Waals surface area contributed by atoms with E-state index in [1.165, 1.54) is 12.0 Å². The highest BCUT2D eigenvalue weighted by Crippen LogP contribution is 2.37. The Hall–Kier alpha value is -4.34. The fraction of sp³-hybridized carbons (Fsp3) is 0.214. The molecule has 1 heterocycles. The zero-order valence-corrected chi connectivity index (χ0v) is 20.3. The van der Waals surface area contributed by atoms with E-state index < -0.39 is 11.9 Å². The average Bonchev–Trinajstić information content (AvgIpc) is 3.26. The van der Waals surface area contributed by atoms with Gasteiger partial charge in [0.1, 0.15) is 5.92 Å². The van der Waals surface area contributed by atoms with Crippen LogP contribution in [0.1, 0.15) is 37.8 Å². The van der Waals surface area contributed by atoms with Gasteiger partial charge in [-0.05, 0) is 41.5 Å². The molecule has 0 bridgehead atoms. The maximum absolute atomic E-state index is 13.2. The smallest absolute Gasteiger partial charge is 0.337 e. The second-order valence-electron chi connectivity index (χ2n) is 8.37. The number of methoxy groups -OCH3 is 1. The van der Waals surface area contributed by atoms with Crippen molar-refractivity contribution in [2.45, 2.75) is 5.92 Å². The van der Waals surface area contributed by atoms with Crippen LogP contribution < -0.4 is 5.32 Å². The molecule has 3 aromatic carbocycles. The lowest BCUT2D eigenvalue weighted by atomic mass is 9.90. The number of carbonyl (C=O) groups excluding carboxylic acids is 3. The first-order valence-corrected chi connectivity index (χ1v) is 11.7. The molecule has 37 heavy (non-hydrogen) atoms. The van der Waals surface area contributed by atoms with E-state index in [1.807, 2.05) is 30.3 Å². The van der Waals surface area contributed by atoms with Gasteiger partial charge in [0, 0.05) is 24.3 Å². The number of aliphatic imine (C=N–C) groups is 1. The van der Waals surface area contributed by atoms with Gasteiger partial charge in [-0.25, -0.2) is 4.79 Å². The Balaban J connectivity index is 1.77. The largest absolute Gasteiger partial charge is 0.465 e. The number of esters is 1. The first-order valence-electron chi connectivity index (χ1n) is 11.7. The van der Waals surface area contributed by atoms with Crippen molar-refractivity contribution < 1.29 is 29.3 Å². The summed E-state index contributed by atoms with van der Waals surface area (Å²) in [4.78, 5) is 44.3. The number of benzene rings is 3. The summed E-state index contributed by atoms with van der Waals surface area (Å²) in [7, 11) is 1.29. The molecule has 9 heteroatoms. The second-order valence-corrected chi connectivity index (χ2v) is 8.37. The quantitative estimate of drug-likeness (QED) is 0.306. The molecule has 0 fully saturated rings. The molecular weight excluding hydrogens is 474 g/mol. The highest BCUT2D eigenvalue weighted by Gasteiger charge is 2.36. The molecule has 1 unspecified atom stereocenters. The lowest BCUT2D eigenvalue weighted by Crippen LogP contribution is -2.35. The van der Waals surface area contributed by atoms with Crippen LogP contribution in [0.5, 0.6) is 0 Å². The van der Waals surface area contributed by atoms with Crippen molar-refractivity contribution in [1.29, 1.82) is 0 Å². The topological polar surface area (TPSA) is 129 Å². The molecule has 190 valence electrons. The average molecular weight is 502 g/mol. The van der Waals surface area contributed by atoms with Crippen molar-refractivity contribution in [3.8, 4) is 0 Å². The van der Waals surface area contributed by atoms with Crippen LogP contribution in [0.15, 0.2) is 77.8 Å². The molecule has 0 aliphatic carbocycles. The third-order valence-corrected chi connectivity index (χ3v) is 6.02. The molecule has 3 aromatic rings. The van der Waals surface area contributed by atoms with E-state index in [-0.39, 0.29) is 38.1 Å². The Morgan fingerprint density at radius 2 is 1.62 bits per heavy atom. The first-order chi connectivity index (χ1) is 18.0. The molecular formula is C28H27N3O6. The zero-order chi connectivity index (χ0) is 26.4. The standard InChI is InChI=1S/C28H27N3O6/c1-37-28(36)20-10-11-22-23(17-20)30-26(34)24(22)25(18-6-3-2-4-7-18)29-21-9-5-8-19(16-21)27(35)31(12-14-32)13-15-33/h2-11,16-17,24,32-33H,12-15H2,1H3,(H,30,34). The number of fused-ring (bicyclic) bond motifs is 1. The number of hydrogen-bond donors (Lipinski definition) is 3. The van der Waals surface area contributed by atoms with Gasteiger partial charge in [0.25, 0.3) is 5.91 Å². The summed E-state index contributed by atoms with van der Waals surface area (Å²) in [5, 5.41) is 21.4. The summed E-state index contributed by atoms with van der Waals surface area (Å²) >= 11 is 0. The Morgan fingerprint density at radius 1 is 0.919 bits per heavy atom. The molecule has 3 N–H and O–H groups in total. The van der Waals surface area contributed by atoms with Gasteiger partial charge in [0.15, 0.2) is 0 Å². The summed E-state index contributed by atoms with van der Waals surface area (Å²) in [6, 6.07) is 20.8. The maximum atomic E-state index is 13.2. The van der Waals surface area contributed by atoms with E-state index >= 15 is 0 Å². The Morgan fingerprint density at radius 3 is 2.30 bits per heavy atom. The molecule has 2 amide bonds. The summed E-state index contributed by atoms with van der Waals surface area (Å²) in [6.45, 7) is -0.269. The maximum Gasteiger partial charge on any atom is 0.337 e. The van der Waals surface area contributed by atoms with E-state index in [2.05, 4.69) is 5.32 Å². The van der Waals surface area contributed by atoms with E-state index in [1.54, 1.807) is 42.5 Å². The van der Waals surface area contributed by atoms with Crippen LogP contribution in [0.3, 0.4) is 0 Å². The van der Waals surface area contributed by atoms with Crippen LogP contribution in [0.4, 0.5) is 11.4 Å². The van der Waals surface area contributed by atoms with Crippen molar-refractivity contribution in [1.82, 2.24) is 4.90 Å². The molecule has 0 saturated carbocycles. The Bertz CT molecular complexity index is 1330. The minimum atomic E-state index is -0.747. The van der Waals surface area contributed by atoms with Crippen molar-refractivity contribution >= 4 is 34.9 Å². The van der Waals surface area contributed by atoms with Gasteiger partial charge in [-0.15, -0.1) is 0 Å². The lowest BCUT2D eigenvalue weighted by Gasteiger charge is -2.21. The molecule has 1 aliphatic heterocycles. The monoisotopic (exact) mass is 501 g/mol. The van der Waals surface area contributed by atoms with Crippen LogP contribution in [-0.2, 0) is 9.53 Å². The summed E-state index contributed by atoms with van der Waals surface area (Å²) < 4.78 is 4.79. The molecule has 0 aromatic heterocycles. The lowest BCUT2D eigenvalue weighted by molar-refractivity contribution is -0.115. The summed E-state index contributed by atoms with van der Waals surface area (Å²) in [6.07, 6.45) is 0. The highest BCUT2D eigenvalue weighted by molar-refractivity contribution is 6.24. The van der Waals surface area contributed by atoms with E-state index in [0.29, 0.717) is 33.8 Å². The number of nitrogens with one attached hydrogen (secondary N) is 1. The van der Waals surface area contributed by atoms with E-state index in [0.717, 1.165) is 5.56 Å². The number of rotatable bonds is 9. The van der Waals surface area contributed by atoms with Crippen LogP contribution in [0.25, 0.3) is 0 Å². The predicted molar refractivity (Wildman–Crippen MR) is 138 cm³/mol. The first kappa shape index (κ1) is 25.7. The van der Waals surface area contributed by atoms with Gasteiger partial charge < -0.3 is 25.2 Å². The zero-order valence-electron chi connectivity index (χ0n) is 20.3. The van der Waals surface area contributed by atoms with Crippen molar-refractivity contribution in [2.75, 3.05) is 38.7 Å². The minimum Gasteiger partial charge on any atom is -0.465 e. The number of carbonyl (C=O) groups is 3. The van der Waals surface area contributed by atoms with Crippen molar-refractivity contribution in [3.63, 3.8) is 0 Å². The SMILES string of the molecule is COC(=O)c1ccc2c(c1)NC(=O)C2C(=Nc1cccc(C(=O)N(CCO)CCO)c1)c1ccccc1. The number of anilines is 1. The summed E-state index contributed by atoms with van der Waals surface area (Å²) in [5.74, 6) is -1.89. The molecule has 0 saturated heterocycles. The molecule has 1 aliphatic rings. The fourth-order valence-electron chi connectivity index (χ4n) is 4.27. The number of aliphatic hydroxyl groups is 2. The fourth-order valence-corrected chi connectivity index (χ4v) is 4.27. The van der Waals surface area contributed by atoms with Gasteiger partial charge in [-0.3, -0.25) is 14.6 Å². The third kappa shape index (κ3) is 5.58. The number of aliphatic hydroxyl groups excluding tert-OH is 2. The van der Waals surface area contributed by atoms with Crippen LogP contribution in [0.2, 0.25) is 0 Å². The second kappa shape index (κ2) is 11.6. The molecule has 9 nitrogen and oxygen atoms in total. The number of amides is 2. The third-order valence-electron chi connectivity index (χ3n) is 6.02. The van der Waals surface area contributed by atoms with Gasteiger partial charge in [-0.1, -0.05) is 42.5 Å².